The van der Waals surface area contributed by atoms with Gasteiger partial charge in [-0.2, -0.15) is 0 Å². The standard InChI is InChI=1S/C18H20N4O3/c1-4-9-25-13-7-5-12(6-8-13)16(14-10(2)19-21-17(14)23)15-11(3)20-22-18(15)24/h4-8,16H,1,9H2,2-3H3,(H2,19,21,23)(H2,20,22,24). The fraction of sp³-hybridized carbons (Fsp3) is 0.222. The van der Waals surface area contributed by atoms with Crippen molar-refractivity contribution in [2.75, 3.05) is 6.61 Å². The van der Waals surface area contributed by atoms with Crippen molar-refractivity contribution >= 4 is 0 Å². The van der Waals surface area contributed by atoms with Gasteiger partial charge in [-0.1, -0.05) is 24.8 Å². The van der Waals surface area contributed by atoms with Crippen LogP contribution < -0.4 is 15.9 Å². The van der Waals surface area contributed by atoms with Crippen molar-refractivity contribution in [2.24, 2.45) is 0 Å². The molecule has 0 atom stereocenters. The Hall–Kier alpha value is -3.22. The van der Waals surface area contributed by atoms with E-state index in [1.807, 2.05) is 24.3 Å². The zero-order chi connectivity index (χ0) is 18.0. The normalized spacial score (nSPS) is 11.0. The number of hydrogen-bond acceptors (Lipinski definition) is 3. The fourth-order valence-corrected chi connectivity index (χ4v) is 3.00. The number of H-pyrrole nitrogens is 4. The molecule has 0 aliphatic heterocycles. The Morgan fingerprint density at radius 3 is 1.88 bits per heavy atom. The Balaban J connectivity index is 2.14. The van der Waals surface area contributed by atoms with Crippen LogP contribution in [-0.4, -0.2) is 27.0 Å². The number of aromatic amines is 4. The van der Waals surface area contributed by atoms with E-state index < -0.39 is 5.92 Å². The Labute approximate surface area is 143 Å². The van der Waals surface area contributed by atoms with Gasteiger partial charge in [-0.15, -0.1) is 0 Å². The molecule has 0 aliphatic carbocycles. The van der Waals surface area contributed by atoms with E-state index in [0.717, 1.165) is 5.56 Å². The van der Waals surface area contributed by atoms with Crippen molar-refractivity contribution in [3.8, 4) is 5.75 Å². The van der Waals surface area contributed by atoms with Gasteiger partial charge in [0.2, 0.25) is 0 Å². The maximum absolute atomic E-state index is 12.3. The smallest absolute Gasteiger partial charge is 0.268 e. The van der Waals surface area contributed by atoms with Gasteiger partial charge in [-0.3, -0.25) is 19.8 Å². The van der Waals surface area contributed by atoms with Crippen LogP contribution in [0.2, 0.25) is 0 Å². The van der Waals surface area contributed by atoms with Gasteiger partial charge in [0, 0.05) is 17.3 Å². The molecule has 7 heteroatoms. The first-order valence-electron chi connectivity index (χ1n) is 7.90. The largest absolute Gasteiger partial charge is 0.490 e. The number of aryl methyl sites for hydroxylation is 2. The van der Waals surface area contributed by atoms with Crippen LogP contribution in [0.5, 0.6) is 5.75 Å². The van der Waals surface area contributed by atoms with E-state index in [0.29, 0.717) is 34.9 Å². The van der Waals surface area contributed by atoms with E-state index >= 15 is 0 Å². The second-order valence-electron chi connectivity index (χ2n) is 5.84. The lowest BCUT2D eigenvalue weighted by Crippen LogP contribution is -2.20. The molecule has 3 aromatic rings. The summed E-state index contributed by atoms with van der Waals surface area (Å²) in [7, 11) is 0. The molecule has 0 fully saturated rings. The topological polar surface area (TPSA) is 107 Å². The summed E-state index contributed by atoms with van der Waals surface area (Å²) in [4.78, 5) is 24.7. The van der Waals surface area contributed by atoms with Gasteiger partial charge >= 0.3 is 0 Å². The van der Waals surface area contributed by atoms with Crippen molar-refractivity contribution in [1.82, 2.24) is 20.4 Å². The summed E-state index contributed by atoms with van der Waals surface area (Å²) in [5, 5.41) is 10.8. The molecular weight excluding hydrogens is 320 g/mol. The summed E-state index contributed by atoms with van der Waals surface area (Å²) in [5.74, 6) is 0.209. The van der Waals surface area contributed by atoms with Crippen LogP contribution in [0.4, 0.5) is 0 Å². The molecule has 2 aromatic heterocycles. The van der Waals surface area contributed by atoms with E-state index in [4.69, 9.17) is 4.74 Å². The molecule has 0 bridgehead atoms. The molecule has 1 aromatic carbocycles. The lowest BCUT2D eigenvalue weighted by atomic mass is 9.85. The summed E-state index contributed by atoms with van der Waals surface area (Å²) in [5.41, 5.74) is 2.78. The van der Waals surface area contributed by atoms with E-state index in [2.05, 4.69) is 27.0 Å². The van der Waals surface area contributed by atoms with Crippen LogP contribution in [0, 0.1) is 13.8 Å². The Bertz CT molecular complexity index is 934. The first kappa shape index (κ1) is 16.6. The number of hydrogen-bond donors (Lipinski definition) is 4. The van der Waals surface area contributed by atoms with Crippen LogP contribution in [0.1, 0.15) is 34.0 Å². The number of ether oxygens (including phenoxy) is 1. The average molecular weight is 340 g/mol. The highest BCUT2D eigenvalue weighted by atomic mass is 16.5. The van der Waals surface area contributed by atoms with E-state index in [-0.39, 0.29) is 11.1 Å². The van der Waals surface area contributed by atoms with Gasteiger partial charge in [-0.25, -0.2) is 0 Å². The average Bonchev–Trinajstić information content (AvgIpc) is 3.11. The third kappa shape index (κ3) is 3.08. The summed E-state index contributed by atoms with van der Waals surface area (Å²) in [6, 6.07) is 7.36. The van der Waals surface area contributed by atoms with Crippen molar-refractivity contribution in [2.45, 2.75) is 19.8 Å². The molecule has 130 valence electrons. The summed E-state index contributed by atoms with van der Waals surface area (Å²) < 4.78 is 5.50. The summed E-state index contributed by atoms with van der Waals surface area (Å²) in [6.45, 7) is 7.64. The molecule has 0 unspecified atom stereocenters. The predicted molar refractivity (Wildman–Crippen MR) is 95.4 cm³/mol. The molecule has 0 amide bonds. The van der Waals surface area contributed by atoms with Gasteiger partial charge in [0.25, 0.3) is 11.1 Å². The second-order valence-corrected chi connectivity index (χ2v) is 5.84. The van der Waals surface area contributed by atoms with E-state index in [1.165, 1.54) is 0 Å². The molecule has 0 spiro atoms. The van der Waals surface area contributed by atoms with E-state index in [9.17, 15) is 9.59 Å². The third-order valence-electron chi connectivity index (χ3n) is 4.18. The van der Waals surface area contributed by atoms with Crippen LogP contribution >= 0.6 is 0 Å². The molecule has 25 heavy (non-hydrogen) atoms. The Morgan fingerprint density at radius 2 is 1.48 bits per heavy atom. The van der Waals surface area contributed by atoms with Gasteiger partial charge in [0.05, 0.1) is 11.1 Å². The fourth-order valence-electron chi connectivity index (χ4n) is 3.00. The van der Waals surface area contributed by atoms with Crippen LogP contribution in [-0.2, 0) is 0 Å². The predicted octanol–water partition coefficient (Wildman–Crippen LogP) is 2.08. The lowest BCUT2D eigenvalue weighted by Gasteiger charge is -2.16. The quantitative estimate of drug-likeness (QED) is 0.516. The molecule has 0 radical (unpaired) electrons. The molecule has 0 saturated carbocycles. The number of benzene rings is 1. The van der Waals surface area contributed by atoms with Crippen molar-refractivity contribution in [3.63, 3.8) is 0 Å². The Kier molecular flexibility index (Phi) is 4.47. The second kappa shape index (κ2) is 6.72. The van der Waals surface area contributed by atoms with Crippen LogP contribution in [0.15, 0.2) is 46.5 Å². The molecule has 4 N–H and O–H groups in total. The minimum Gasteiger partial charge on any atom is -0.490 e. The summed E-state index contributed by atoms with van der Waals surface area (Å²) in [6.07, 6.45) is 1.67. The Morgan fingerprint density at radius 1 is 0.960 bits per heavy atom. The summed E-state index contributed by atoms with van der Waals surface area (Å²) >= 11 is 0. The SMILES string of the molecule is C=CCOc1ccc(C(c2c(C)[nH][nH]c2=O)c2c(C)[nH][nH]c2=O)cc1. The maximum atomic E-state index is 12.3. The zero-order valence-electron chi connectivity index (χ0n) is 14.1. The molecule has 0 aliphatic rings. The molecule has 0 saturated heterocycles. The zero-order valence-corrected chi connectivity index (χ0v) is 14.1. The highest BCUT2D eigenvalue weighted by Gasteiger charge is 2.27. The van der Waals surface area contributed by atoms with Gasteiger partial charge < -0.3 is 14.9 Å². The third-order valence-corrected chi connectivity index (χ3v) is 4.18. The first-order chi connectivity index (χ1) is 12.0. The highest BCUT2D eigenvalue weighted by Crippen LogP contribution is 2.31. The van der Waals surface area contributed by atoms with Gasteiger partial charge in [-0.05, 0) is 31.5 Å². The number of aromatic nitrogens is 4. The first-order valence-corrected chi connectivity index (χ1v) is 7.90. The van der Waals surface area contributed by atoms with Gasteiger partial charge in [0.1, 0.15) is 12.4 Å². The minimum absolute atomic E-state index is 0.241. The maximum Gasteiger partial charge on any atom is 0.268 e. The molecule has 3 rings (SSSR count). The van der Waals surface area contributed by atoms with Crippen molar-refractivity contribution in [1.29, 1.82) is 0 Å². The van der Waals surface area contributed by atoms with Crippen LogP contribution in [0.25, 0.3) is 0 Å². The van der Waals surface area contributed by atoms with Crippen molar-refractivity contribution < 1.29 is 4.74 Å². The minimum atomic E-state index is -0.488. The number of rotatable bonds is 6. The van der Waals surface area contributed by atoms with Crippen molar-refractivity contribution in [3.05, 3.63) is 85.7 Å². The molecular formula is C18H20N4O3. The highest BCUT2D eigenvalue weighted by molar-refractivity contribution is 5.45. The molecule has 2 heterocycles. The van der Waals surface area contributed by atoms with Gasteiger partial charge in [0.15, 0.2) is 0 Å². The lowest BCUT2D eigenvalue weighted by molar-refractivity contribution is 0.363. The van der Waals surface area contributed by atoms with Crippen LogP contribution in [0.3, 0.4) is 0 Å². The number of nitrogens with one attached hydrogen (secondary N) is 4. The monoisotopic (exact) mass is 340 g/mol. The van der Waals surface area contributed by atoms with E-state index in [1.54, 1.807) is 19.9 Å². The molecule has 7 nitrogen and oxygen atoms in total.